The second-order valence-electron chi connectivity index (χ2n) is 5.66. The zero-order chi connectivity index (χ0) is 13.3. The van der Waals surface area contributed by atoms with Crippen LogP contribution in [-0.2, 0) is 6.54 Å². The van der Waals surface area contributed by atoms with Gasteiger partial charge in [-0.2, -0.15) is 0 Å². The Morgan fingerprint density at radius 1 is 1.11 bits per heavy atom. The van der Waals surface area contributed by atoms with Gasteiger partial charge < -0.3 is 4.57 Å². The molecule has 1 aliphatic carbocycles. The van der Waals surface area contributed by atoms with E-state index in [1.807, 2.05) is 28.8 Å². The highest BCUT2D eigenvalue weighted by Crippen LogP contribution is 2.41. The molecule has 19 heavy (non-hydrogen) atoms. The van der Waals surface area contributed by atoms with Crippen LogP contribution in [-0.4, -0.2) is 9.90 Å². The lowest BCUT2D eigenvalue weighted by Gasteiger charge is -2.28. The maximum absolute atomic E-state index is 12.2. The largest absolute Gasteiger partial charge is 0.308 e. The summed E-state index contributed by atoms with van der Waals surface area (Å²) < 4.78 is 1.96. The first-order valence-electron chi connectivity index (χ1n) is 6.89. The van der Waals surface area contributed by atoms with E-state index in [0.29, 0.717) is 0 Å². The van der Waals surface area contributed by atoms with Crippen LogP contribution in [0.25, 0.3) is 10.9 Å². The molecule has 1 fully saturated rings. The molecule has 0 unspecified atom stereocenters. The molecule has 0 aliphatic heterocycles. The van der Waals surface area contributed by atoms with Crippen LogP contribution in [0.1, 0.15) is 25.7 Å². The molecule has 0 saturated heterocycles. The van der Waals surface area contributed by atoms with E-state index in [0.717, 1.165) is 22.8 Å². The van der Waals surface area contributed by atoms with E-state index in [9.17, 15) is 4.79 Å². The summed E-state index contributed by atoms with van der Waals surface area (Å²) in [5.41, 5.74) is 1.43. The van der Waals surface area contributed by atoms with Crippen LogP contribution < -0.4 is 5.56 Å². The molecule has 0 N–H and O–H groups in total. The second-order valence-corrected chi connectivity index (χ2v) is 6.22. The van der Waals surface area contributed by atoms with E-state index >= 15 is 0 Å². The standard InChI is InChI=1S/C16H18BrNO/c17-11-16(9-3-4-10-16)12-18-14-6-2-1-5-13(14)7-8-15(18)19/h1-2,5-8H,3-4,9-12H2. The third-order valence-corrected chi connectivity index (χ3v) is 5.53. The van der Waals surface area contributed by atoms with Gasteiger partial charge in [-0.1, -0.05) is 47.0 Å². The molecule has 0 atom stereocenters. The zero-order valence-corrected chi connectivity index (χ0v) is 12.5. The Labute approximate surface area is 121 Å². The Morgan fingerprint density at radius 3 is 2.58 bits per heavy atom. The van der Waals surface area contributed by atoms with Crippen molar-refractivity contribution < 1.29 is 0 Å². The molecule has 1 aromatic carbocycles. The number of aromatic nitrogens is 1. The summed E-state index contributed by atoms with van der Waals surface area (Å²) in [5, 5.41) is 2.13. The van der Waals surface area contributed by atoms with Gasteiger partial charge in [0.15, 0.2) is 0 Å². The Morgan fingerprint density at radius 2 is 1.84 bits per heavy atom. The van der Waals surface area contributed by atoms with Crippen LogP contribution in [0.2, 0.25) is 0 Å². The second kappa shape index (κ2) is 5.12. The van der Waals surface area contributed by atoms with E-state index in [-0.39, 0.29) is 11.0 Å². The van der Waals surface area contributed by atoms with Crippen LogP contribution in [0, 0.1) is 5.41 Å². The minimum absolute atomic E-state index is 0.117. The summed E-state index contributed by atoms with van der Waals surface area (Å²) in [6, 6.07) is 11.8. The quantitative estimate of drug-likeness (QED) is 0.785. The smallest absolute Gasteiger partial charge is 0.251 e. The molecule has 1 aromatic heterocycles. The average molecular weight is 320 g/mol. The van der Waals surface area contributed by atoms with Crippen molar-refractivity contribution in [1.82, 2.24) is 4.57 Å². The third kappa shape index (κ3) is 2.36. The van der Waals surface area contributed by atoms with Crippen molar-refractivity contribution in [3.05, 3.63) is 46.8 Å². The summed E-state index contributed by atoms with van der Waals surface area (Å²) in [5.74, 6) is 0. The summed E-state index contributed by atoms with van der Waals surface area (Å²) in [7, 11) is 0. The lowest BCUT2D eigenvalue weighted by molar-refractivity contribution is 0.292. The van der Waals surface area contributed by atoms with Crippen LogP contribution in [0.4, 0.5) is 0 Å². The fourth-order valence-corrected chi connectivity index (χ4v) is 3.94. The number of rotatable bonds is 3. The normalized spacial score (nSPS) is 17.9. The first-order valence-corrected chi connectivity index (χ1v) is 8.01. The van der Waals surface area contributed by atoms with Gasteiger partial charge in [0.1, 0.15) is 0 Å². The SMILES string of the molecule is O=c1ccc2ccccc2n1CC1(CBr)CCCC1. The molecule has 1 aliphatic rings. The topological polar surface area (TPSA) is 22.0 Å². The van der Waals surface area contributed by atoms with E-state index in [2.05, 4.69) is 22.0 Å². The highest BCUT2D eigenvalue weighted by molar-refractivity contribution is 9.09. The molecule has 0 amide bonds. The van der Waals surface area contributed by atoms with Gasteiger partial charge in [-0.3, -0.25) is 4.79 Å². The van der Waals surface area contributed by atoms with E-state index in [1.54, 1.807) is 6.07 Å². The zero-order valence-electron chi connectivity index (χ0n) is 10.9. The van der Waals surface area contributed by atoms with Gasteiger partial charge in [-0.15, -0.1) is 0 Å². The van der Waals surface area contributed by atoms with Gasteiger partial charge in [-0.05, 0) is 35.8 Å². The first-order chi connectivity index (χ1) is 9.24. The molecule has 2 aromatic rings. The number of nitrogens with zero attached hydrogens (tertiary/aromatic N) is 1. The minimum atomic E-state index is 0.117. The van der Waals surface area contributed by atoms with Crippen molar-refractivity contribution in [1.29, 1.82) is 0 Å². The summed E-state index contributed by atoms with van der Waals surface area (Å²) in [4.78, 5) is 12.2. The highest BCUT2D eigenvalue weighted by atomic mass is 79.9. The third-order valence-electron chi connectivity index (χ3n) is 4.34. The molecule has 3 heteroatoms. The maximum atomic E-state index is 12.2. The Hall–Kier alpha value is -1.09. The van der Waals surface area contributed by atoms with Crippen molar-refractivity contribution in [2.45, 2.75) is 32.2 Å². The number of halogens is 1. The number of alkyl halides is 1. The van der Waals surface area contributed by atoms with Crippen molar-refractivity contribution in [3.8, 4) is 0 Å². The van der Waals surface area contributed by atoms with Crippen LogP contribution in [0.3, 0.4) is 0 Å². The lowest BCUT2D eigenvalue weighted by atomic mass is 9.88. The molecule has 0 bridgehead atoms. The van der Waals surface area contributed by atoms with Crippen LogP contribution in [0.15, 0.2) is 41.2 Å². The van der Waals surface area contributed by atoms with Gasteiger partial charge in [-0.25, -0.2) is 0 Å². The number of fused-ring (bicyclic) bond motifs is 1. The first kappa shape index (κ1) is 12.9. The number of para-hydroxylation sites is 1. The molecular formula is C16H18BrNO. The molecule has 2 nitrogen and oxygen atoms in total. The molecule has 1 saturated carbocycles. The highest BCUT2D eigenvalue weighted by Gasteiger charge is 2.33. The molecule has 0 spiro atoms. The van der Waals surface area contributed by atoms with Gasteiger partial charge in [0.2, 0.25) is 0 Å². The molecular weight excluding hydrogens is 302 g/mol. The summed E-state index contributed by atoms with van der Waals surface area (Å²) in [6.45, 7) is 0.832. The average Bonchev–Trinajstić information content (AvgIpc) is 2.91. The van der Waals surface area contributed by atoms with Gasteiger partial charge in [0, 0.05) is 17.9 Å². The Kier molecular flexibility index (Phi) is 3.48. The van der Waals surface area contributed by atoms with Gasteiger partial charge in [0.05, 0.1) is 5.52 Å². The van der Waals surface area contributed by atoms with Gasteiger partial charge in [0.25, 0.3) is 5.56 Å². The molecule has 100 valence electrons. The van der Waals surface area contributed by atoms with Crippen molar-refractivity contribution in [3.63, 3.8) is 0 Å². The van der Waals surface area contributed by atoms with E-state index < -0.39 is 0 Å². The number of benzene rings is 1. The van der Waals surface area contributed by atoms with E-state index in [4.69, 9.17) is 0 Å². The summed E-state index contributed by atoms with van der Waals surface area (Å²) in [6.07, 6.45) is 5.00. The molecule has 3 rings (SSSR count). The summed E-state index contributed by atoms with van der Waals surface area (Å²) >= 11 is 3.66. The molecule has 1 heterocycles. The predicted octanol–water partition coefficient (Wildman–Crippen LogP) is 3.96. The lowest BCUT2D eigenvalue weighted by Crippen LogP contribution is -2.31. The Bertz CT molecular complexity index is 640. The van der Waals surface area contributed by atoms with Crippen molar-refractivity contribution >= 4 is 26.8 Å². The van der Waals surface area contributed by atoms with Gasteiger partial charge >= 0.3 is 0 Å². The molecule has 0 radical (unpaired) electrons. The minimum Gasteiger partial charge on any atom is -0.308 e. The number of hydrogen-bond acceptors (Lipinski definition) is 1. The Balaban J connectivity index is 2.09. The number of pyridine rings is 1. The predicted molar refractivity (Wildman–Crippen MR) is 82.9 cm³/mol. The van der Waals surface area contributed by atoms with Crippen LogP contribution in [0.5, 0.6) is 0 Å². The monoisotopic (exact) mass is 319 g/mol. The maximum Gasteiger partial charge on any atom is 0.251 e. The van der Waals surface area contributed by atoms with Crippen molar-refractivity contribution in [2.75, 3.05) is 5.33 Å². The van der Waals surface area contributed by atoms with Crippen molar-refractivity contribution in [2.24, 2.45) is 5.41 Å². The fourth-order valence-electron chi connectivity index (χ4n) is 3.20. The van der Waals surface area contributed by atoms with Crippen LogP contribution >= 0.6 is 15.9 Å². The fraction of sp³-hybridized carbons (Fsp3) is 0.438. The number of hydrogen-bond donors (Lipinski definition) is 0. The van der Waals surface area contributed by atoms with E-state index in [1.165, 1.54) is 25.7 Å².